The van der Waals surface area contributed by atoms with Gasteiger partial charge in [0, 0.05) is 6.54 Å². The molecule has 1 aromatic rings. The zero-order valence-corrected chi connectivity index (χ0v) is 10.9. The number of nitrogens with zero attached hydrogens (tertiary/aromatic N) is 2. The Kier molecular flexibility index (Phi) is 4.18. The highest BCUT2D eigenvalue weighted by Gasteiger charge is 2.21. The van der Waals surface area contributed by atoms with Crippen molar-refractivity contribution in [3.8, 4) is 0 Å². The van der Waals surface area contributed by atoms with Crippen molar-refractivity contribution in [3.05, 3.63) is 22.8 Å². The first-order chi connectivity index (χ1) is 7.81. The minimum Gasteiger partial charge on any atom is -0.394 e. The van der Waals surface area contributed by atoms with Gasteiger partial charge in [0.1, 0.15) is 10.4 Å². The van der Waals surface area contributed by atoms with E-state index in [2.05, 4.69) is 25.8 Å². The molecular weight excluding hydrogens is 268 g/mol. The van der Waals surface area contributed by atoms with E-state index in [1.54, 1.807) is 0 Å². The highest BCUT2D eigenvalue weighted by atomic mass is 79.9. The molecule has 4 heteroatoms. The molecule has 2 rings (SSSR count). The van der Waals surface area contributed by atoms with Gasteiger partial charge in [-0.15, -0.1) is 0 Å². The summed E-state index contributed by atoms with van der Waals surface area (Å²) in [6.45, 7) is 1.21. The molecule has 0 amide bonds. The number of hydrogen-bond acceptors (Lipinski definition) is 3. The van der Waals surface area contributed by atoms with Crippen LogP contribution in [0.1, 0.15) is 25.7 Å². The van der Waals surface area contributed by atoms with E-state index in [1.807, 2.05) is 18.2 Å². The van der Waals surface area contributed by atoms with Crippen LogP contribution in [0, 0.1) is 0 Å². The second-order valence-electron chi connectivity index (χ2n) is 4.20. The molecule has 16 heavy (non-hydrogen) atoms. The summed E-state index contributed by atoms with van der Waals surface area (Å²) in [4.78, 5) is 6.70. The van der Waals surface area contributed by atoms with Crippen LogP contribution in [-0.4, -0.2) is 29.3 Å². The summed E-state index contributed by atoms with van der Waals surface area (Å²) < 4.78 is 0.853. The molecular formula is C12H17BrN2O. The molecule has 0 bridgehead atoms. The maximum Gasteiger partial charge on any atom is 0.130 e. The lowest BCUT2D eigenvalue weighted by Crippen LogP contribution is -2.38. The van der Waals surface area contributed by atoms with Gasteiger partial charge in [-0.05, 0) is 40.9 Å². The van der Waals surface area contributed by atoms with Gasteiger partial charge < -0.3 is 10.0 Å². The van der Waals surface area contributed by atoms with Crippen LogP contribution in [-0.2, 0) is 0 Å². The monoisotopic (exact) mass is 284 g/mol. The van der Waals surface area contributed by atoms with Crippen LogP contribution in [0.15, 0.2) is 22.8 Å². The van der Waals surface area contributed by atoms with Crippen molar-refractivity contribution < 1.29 is 5.11 Å². The van der Waals surface area contributed by atoms with Crippen LogP contribution in [0.2, 0.25) is 0 Å². The number of aromatic nitrogens is 1. The van der Waals surface area contributed by atoms with E-state index in [-0.39, 0.29) is 12.6 Å². The summed E-state index contributed by atoms with van der Waals surface area (Å²) in [5.41, 5.74) is 0. The lowest BCUT2D eigenvalue weighted by Gasteiger charge is -2.29. The van der Waals surface area contributed by atoms with Gasteiger partial charge in [-0.2, -0.15) is 0 Å². The highest BCUT2D eigenvalue weighted by molar-refractivity contribution is 9.10. The Morgan fingerprint density at radius 2 is 2.25 bits per heavy atom. The molecule has 0 radical (unpaired) electrons. The van der Waals surface area contributed by atoms with Crippen LogP contribution >= 0.6 is 15.9 Å². The smallest absolute Gasteiger partial charge is 0.130 e. The fraction of sp³-hybridized carbons (Fsp3) is 0.583. The predicted octanol–water partition coefficient (Wildman–Crippen LogP) is 2.59. The van der Waals surface area contributed by atoms with Crippen LogP contribution in [0.3, 0.4) is 0 Å². The van der Waals surface area contributed by atoms with Crippen LogP contribution in [0.5, 0.6) is 0 Å². The summed E-state index contributed by atoms with van der Waals surface area (Å²) in [5, 5.41) is 9.44. The topological polar surface area (TPSA) is 36.4 Å². The first kappa shape index (κ1) is 11.9. The summed E-state index contributed by atoms with van der Waals surface area (Å²) >= 11 is 3.39. The van der Waals surface area contributed by atoms with E-state index in [1.165, 1.54) is 19.3 Å². The number of aliphatic hydroxyl groups excluding tert-OH is 1. The van der Waals surface area contributed by atoms with Gasteiger partial charge in [-0.25, -0.2) is 4.98 Å². The van der Waals surface area contributed by atoms with Gasteiger partial charge in [-0.1, -0.05) is 18.9 Å². The number of anilines is 1. The summed E-state index contributed by atoms with van der Waals surface area (Å²) in [6, 6.07) is 6.16. The Hall–Kier alpha value is -0.610. The molecule has 1 N–H and O–H groups in total. The number of aliphatic hydroxyl groups is 1. The Morgan fingerprint density at radius 1 is 1.38 bits per heavy atom. The molecule has 1 atom stereocenters. The Bertz CT molecular complexity index is 346. The Labute approximate surface area is 105 Å². The molecule has 1 unspecified atom stereocenters. The Balaban J connectivity index is 2.21. The zero-order valence-electron chi connectivity index (χ0n) is 9.27. The SMILES string of the molecule is OCC1CCCCCN1c1cccc(Br)n1. The first-order valence-electron chi connectivity index (χ1n) is 5.81. The number of pyridine rings is 1. The normalized spacial score (nSPS) is 21.9. The molecule has 2 heterocycles. The van der Waals surface area contributed by atoms with Gasteiger partial charge >= 0.3 is 0 Å². The van der Waals surface area contributed by atoms with Gasteiger partial charge in [0.2, 0.25) is 0 Å². The van der Waals surface area contributed by atoms with Crippen LogP contribution in [0.25, 0.3) is 0 Å². The van der Waals surface area contributed by atoms with Crippen molar-refractivity contribution in [2.24, 2.45) is 0 Å². The number of halogens is 1. The quantitative estimate of drug-likeness (QED) is 0.848. The zero-order chi connectivity index (χ0) is 11.4. The molecule has 0 saturated carbocycles. The number of hydrogen-bond donors (Lipinski definition) is 1. The largest absolute Gasteiger partial charge is 0.394 e. The van der Waals surface area contributed by atoms with E-state index in [0.29, 0.717) is 0 Å². The average Bonchev–Trinajstić information content (AvgIpc) is 2.53. The second kappa shape index (κ2) is 5.64. The van der Waals surface area contributed by atoms with Crippen molar-refractivity contribution in [2.45, 2.75) is 31.7 Å². The second-order valence-corrected chi connectivity index (χ2v) is 5.01. The molecule has 1 aliphatic heterocycles. The maximum atomic E-state index is 9.44. The third-order valence-electron chi connectivity index (χ3n) is 3.08. The van der Waals surface area contributed by atoms with Gasteiger partial charge in [0.15, 0.2) is 0 Å². The molecule has 1 saturated heterocycles. The molecule has 1 fully saturated rings. The van der Waals surface area contributed by atoms with Crippen molar-refractivity contribution in [1.29, 1.82) is 0 Å². The van der Waals surface area contributed by atoms with Crippen LogP contribution < -0.4 is 4.90 Å². The first-order valence-corrected chi connectivity index (χ1v) is 6.60. The third kappa shape index (κ3) is 2.74. The van der Waals surface area contributed by atoms with E-state index in [0.717, 1.165) is 23.4 Å². The molecule has 88 valence electrons. The molecule has 3 nitrogen and oxygen atoms in total. The summed E-state index contributed by atoms with van der Waals surface area (Å²) in [5.74, 6) is 0.968. The minimum absolute atomic E-state index is 0.216. The van der Waals surface area contributed by atoms with Crippen molar-refractivity contribution in [1.82, 2.24) is 4.98 Å². The van der Waals surface area contributed by atoms with Gasteiger partial charge in [-0.3, -0.25) is 0 Å². The van der Waals surface area contributed by atoms with E-state index >= 15 is 0 Å². The lowest BCUT2D eigenvalue weighted by atomic mass is 10.1. The average molecular weight is 285 g/mol. The molecule has 0 aromatic carbocycles. The van der Waals surface area contributed by atoms with Crippen molar-refractivity contribution >= 4 is 21.7 Å². The number of rotatable bonds is 2. The third-order valence-corrected chi connectivity index (χ3v) is 3.52. The lowest BCUT2D eigenvalue weighted by molar-refractivity contribution is 0.254. The van der Waals surface area contributed by atoms with Gasteiger partial charge in [0.05, 0.1) is 12.6 Å². The van der Waals surface area contributed by atoms with E-state index in [4.69, 9.17) is 0 Å². The fourth-order valence-electron chi connectivity index (χ4n) is 2.23. The Morgan fingerprint density at radius 3 is 3.00 bits per heavy atom. The predicted molar refractivity (Wildman–Crippen MR) is 68.6 cm³/mol. The van der Waals surface area contributed by atoms with E-state index in [9.17, 15) is 5.11 Å². The molecule has 1 aromatic heterocycles. The summed E-state index contributed by atoms with van der Waals surface area (Å²) in [6.07, 6.45) is 4.70. The highest BCUT2D eigenvalue weighted by Crippen LogP contribution is 2.23. The van der Waals surface area contributed by atoms with Gasteiger partial charge in [0.25, 0.3) is 0 Å². The molecule has 0 aliphatic carbocycles. The molecule has 0 spiro atoms. The maximum absolute atomic E-state index is 9.44. The minimum atomic E-state index is 0.216. The van der Waals surface area contributed by atoms with Crippen LogP contribution in [0.4, 0.5) is 5.82 Å². The molecule has 1 aliphatic rings. The van der Waals surface area contributed by atoms with Crippen molar-refractivity contribution in [3.63, 3.8) is 0 Å². The van der Waals surface area contributed by atoms with Crippen molar-refractivity contribution in [2.75, 3.05) is 18.1 Å². The fourth-order valence-corrected chi connectivity index (χ4v) is 2.56. The summed E-state index contributed by atoms with van der Waals surface area (Å²) in [7, 11) is 0. The standard InChI is InChI=1S/C12H17BrN2O/c13-11-6-4-7-12(14-11)15-8-3-1-2-5-10(15)9-16/h4,6-7,10,16H,1-3,5,8-9H2. The van der Waals surface area contributed by atoms with E-state index < -0.39 is 0 Å².